The van der Waals surface area contributed by atoms with Gasteiger partial charge in [0.2, 0.25) is 0 Å². The van der Waals surface area contributed by atoms with Crippen LogP contribution in [0.4, 0.5) is 5.69 Å². The highest BCUT2D eigenvalue weighted by Crippen LogP contribution is 2.32. The van der Waals surface area contributed by atoms with E-state index in [9.17, 15) is 4.79 Å². The summed E-state index contributed by atoms with van der Waals surface area (Å²) in [6.45, 7) is 6.12. The molecule has 0 bridgehead atoms. The number of aryl methyl sites for hydroxylation is 1. The number of H-pyrrole nitrogens is 1. The molecule has 1 atom stereocenters. The van der Waals surface area contributed by atoms with E-state index in [1.54, 1.807) is 18.9 Å². The molecule has 1 aliphatic rings. The molecule has 0 radical (unpaired) electrons. The fourth-order valence-corrected chi connectivity index (χ4v) is 5.05. The van der Waals surface area contributed by atoms with Crippen LogP contribution in [0.3, 0.4) is 0 Å². The van der Waals surface area contributed by atoms with Gasteiger partial charge >= 0.3 is 0 Å². The Morgan fingerprint density at radius 2 is 1.86 bits per heavy atom. The third kappa shape index (κ3) is 5.07. The van der Waals surface area contributed by atoms with Crippen molar-refractivity contribution in [3.8, 4) is 5.75 Å². The van der Waals surface area contributed by atoms with Crippen LogP contribution in [0.1, 0.15) is 29.9 Å². The summed E-state index contributed by atoms with van der Waals surface area (Å²) in [7, 11) is 3.35. The van der Waals surface area contributed by atoms with Gasteiger partial charge < -0.3 is 19.4 Å². The van der Waals surface area contributed by atoms with Crippen molar-refractivity contribution in [2.75, 3.05) is 51.9 Å². The SMILES string of the molecule is CCc1ccc2[nH]c(=O)c(C(c3nnnn3CCOC)N3CCN(c4ccccc4OC)CC3)cc2c1. The zero-order valence-corrected chi connectivity index (χ0v) is 21.6. The minimum atomic E-state index is -0.398. The van der Waals surface area contributed by atoms with E-state index in [2.05, 4.69) is 55.4 Å². The Morgan fingerprint density at radius 3 is 2.62 bits per heavy atom. The predicted octanol–water partition coefficient (Wildman–Crippen LogP) is 2.64. The molecule has 194 valence electrons. The fraction of sp³-hybridized carbons (Fsp3) is 0.407. The Morgan fingerprint density at radius 1 is 1.05 bits per heavy atom. The van der Waals surface area contributed by atoms with Gasteiger partial charge in [-0.15, -0.1) is 5.10 Å². The van der Waals surface area contributed by atoms with Crippen LogP contribution in [0.2, 0.25) is 0 Å². The molecule has 0 saturated carbocycles. The first-order valence-electron chi connectivity index (χ1n) is 12.7. The molecule has 5 rings (SSSR count). The van der Waals surface area contributed by atoms with E-state index >= 15 is 0 Å². The topological polar surface area (TPSA) is 101 Å². The van der Waals surface area contributed by atoms with Crippen molar-refractivity contribution in [1.29, 1.82) is 0 Å². The number of hydrogen-bond acceptors (Lipinski definition) is 8. The molecule has 2 aromatic heterocycles. The van der Waals surface area contributed by atoms with Gasteiger partial charge in [-0.1, -0.05) is 25.1 Å². The number of rotatable bonds is 9. The smallest absolute Gasteiger partial charge is 0.253 e. The number of pyridine rings is 1. The Bertz CT molecular complexity index is 1410. The van der Waals surface area contributed by atoms with E-state index in [1.807, 2.05) is 30.3 Å². The number of nitrogens with zero attached hydrogens (tertiary/aromatic N) is 6. The molecule has 4 aromatic rings. The lowest BCUT2D eigenvalue weighted by atomic mass is 10.0. The number of para-hydroxylation sites is 2. The number of methoxy groups -OCH3 is 2. The summed E-state index contributed by atoms with van der Waals surface area (Å²) >= 11 is 0. The number of hydrogen-bond donors (Lipinski definition) is 1. The van der Waals surface area contributed by atoms with Crippen molar-refractivity contribution < 1.29 is 9.47 Å². The summed E-state index contributed by atoms with van der Waals surface area (Å²) in [4.78, 5) is 21.2. The first-order chi connectivity index (χ1) is 18.1. The van der Waals surface area contributed by atoms with Crippen LogP contribution in [0.25, 0.3) is 10.9 Å². The van der Waals surface area contributed by atoms with Crippen LogP contribution in [-0.2, 0) is 17.7 Å². The molecule has 1 aliphatic heterocycles. The number of aromatic amines is 1. The monoisotopic (exact) mass is 503 g/mol. The number of piperazine rings is 1. The second-order valence-electron chi connectivity index (χ2n) is 9.18. The molecule has 1 saturated heterocycles. The molecule has 37 heavy (non-hydrogen) atoms. The van der Waals surface area contributed by atoms with Gasteiger partial charge in [0, 0.05) is 44.4 Å². The normalized spacial score (nSPS) is 15.3. The number of nitrogens with one attached hydrogen (secondary N) is 1. The number of aromatic nitrogens is 5. The van der Waals surface area contributed by atoms with Crippen LogP contribution in [0.15, 0.2) is 53.3 Å². The maximum atomic E-state index is 13.4. The summed E-state index contributed by atoms with van der Waals surface area (Å²) in [6.07, 6.45) is 0.925. The van der Waals surface area contributed by atoms with Crippen molar-refractivity contribution in [3.05, 3.63) is 75.8 Å². The second kappa shape index (κ2) is 11.1. The van der Waals surface area contributed by atoms with Gasteiger partial charge in [-0.25, -0.2) is 4.68 Å². The van der Waals surface area contributed by atoms with E-state index in [1.165, 1.54) is 5.56 Å². The lowest BCUT2D eigenvalue weighted by Crippen LogP contribution is -2.49. The molecule has 1 N–H and O–H groups in total. The number of anilines is 1. The fourth-order valence-electron chi connectivity index (χ4n) is 5.05. The number of fused-ring (bicyclic) bond motifs is 1. The Balaban J connectivity index is 1.52. The average molecular weight is 504 g/mol. The molecular formula is C27H33N7O3. The zero-order valence-electron chi connectivity index (χ0n) is 21.6. The van der Waals surface area contributed by atoms with E-state index in [4.69, 9.17) is 9.47 Å². The second-order valence-corrected chi connectivity index (χ2v) is 9.18. The standard InChI is InChI=1S/C27H33N7O3/c1-4-19-9-10-22-20(17-19)18-21(27(35)28-22)25(26-29-30-31-34(26)15-16-36-2)33-13-11-32(12-14-33)23-7-5-6-8-24(23)37-3/h5-10,17-18,25H,4,11-16H2,1-3H3,(H,28,35). The zero-order chi connectivity index (χ0) is 25.8. The molecule has 2 aromatic carbocycles. The first kappa shape index (κ1) is 24.9. The van der Waals surface area contributed by atoms with Crippen LogP contribution in [0, 0.1) is 0 Å². The van der Waals surface area contributed by atoms with Crippen molar-refractivity contribution in [3.63, 3.8) is 0 Å². The highest BCUT2D eigenvalue weighted by Gasteiger charge is 2.33. The van der Waals surface area contributed by atoms with Gasteiger partial charge in [-0.05, 0) is 58.1 Å². The van der Waals surface area contributed by atoms with Gasteiger partial charge in [-0.3, -0.25) is 9.69 Å². The van der Waals surface area contributed by atoms with Gasteiger partial charge in [0.25, 0.3) is 5.56 Å². The lowest BCUT2D eigenvalue weighted by molar-refractivity contribution is 0.171. The van der Waals surface area contributed by atoms with Crippen molar-refractivity contribution >= 4 is 16.6 Å². The Kier molecular flexibility index (Phi) is 7.47. The van der Waals surface area contributed by atoms with Gasteiger partial charge in [0.05, 0.1) is 25.9 Å². The molecule has 0 spiro atoms. The number of ether oxygens (including phenoxy) is 2. The first-order valence-corrected chi connectivity index (χ1v) is 12.7. The summed E-state index contributed by atoms with van der Waals surface area (Å²) in [5.41, 5.74) is 3.62. The van der Waals surface area contributed by atoms with Crippen LogP contribution < -0.4 is 15.2 Å². The molecule has 1 fully saturated rings. The predicted molar refractivity (Wildman–Crippen MR) is 142 cm³/mol. The van der Waals surface area contributed by atoms with Crippen molar-refractivity contribution in [2.24, 2.45) is 0 Å². The average Bonchev–Trinajstić information content (AvgIpc) is 3.40. The van der Waals surface area contributed by atoms with Crippen LogP contribution in [0.5, 0.6) is 5.75 Å². The summed E-state index contributed by atoms with van der Waals surface area (Å²) in [5, 5.41) is 13.6. The maximum absolute atomic E-state index is 13.4. The third-order valence-corrected chi connectivity index (χ3v) is 7.06. The van der Waals surface area contributed by atoms with Crippen LogP contribution in [-0.4, -0.2) is 77.1 Å². The van der Waals surface area contributed by atoms with E-state index in [0.717, 1.165) is 54.9 Å². The van der Waals surface area contributed by atoms with Crippen molar-refractivity contribution in [2.45, 2.75) is 25.9 Å². The molecule has 3 heterocycles. The van der Waals surface area contributed by atoms with E-state index in [-0.39, 0.29) is 5.56 Å². The van der Waals surface area contributed by atoms with E-state index < -0.39 is 6.04 Å². The number of benzene rings is 2. The number of tetrazole rings is 1. The lowest BCUT2D eigenvalue weighted by Gasteiger charge is -2.40. The molecule has 0 aliphatic carbocycles. The molecule has 10 heteroatoms. The third-order valence-electron chi connectivity index (χ3n) is 7.06. The highest BCUT2D eigenvalue weighted by molar-refractivity contribution is 5.80. The van der Waals surface area contributed by atoms with Gasteiger partial charge in [0.15, 0.2) is 5.82 Å². The molecule has 10 nitrogen and oxygen atoms in total. The van der Waals surface area contributed by atoms with E-state index in [0.29, 0.717) is 24.5 Å². The molecular weight excluding hydrogens is 470 g/mol. The van der Waals surface area contributed by atoms with Gasteiger partial charge in [-0.2, -0.15) is 0 Å². The van der Waals surface area contributed by atoms with Crippen LogP contribution >= 0.6 is 0 Å². The highest BCUT2D eigenvalue weighted by atomic mass is 16.5. The molecule has 0 amide bonds. The Hall–Kier alpha value is -3.76. The molecule has 1 unspecified atom stereocenters. The van der Waals surface area contributed by atoms with Crippen molar-refractivity contribution in [1.82, 2.24) is 30.1 Å². The maximum Gasteiger partial charge on any atom is 0.253 e. The summed E-state index contributed by atoms with van der Waals surface area (Å²) in [6, 6.07) is 15.8. The summed E-state index contributed by atoms with van der Waals surface area (Å²) < 4.78 is 12.6. The Labute approximate surface area is 215 Å². The quantitative estimate of drug-likeness (QED) is 0.372. The summed E-state index contributed by atoms with van der Waals surface area (Å²) in [5.74, 6) is 1.49. The minimum absolute atomic E-state index is 0.129. The van der Waals surface area contributed by atoms with Gasteiger partial charge in [0.1, 0.15) is 11.8 Å². The largest absolute Gasteiger partial charge is 0.495 e. The minimum Gasteiger partial charge on any atom is -0.495 e.